The summed E-state index contributed by atoms with van der Waals surface area (Å²) in [5.41, 5.74) is -0.833. The van der Waals surface area contributed by atoms with E-state index in [1.165, 1.54) is 29.5 Å². The summed E-state index contributed by atoms with van der Waals surface area (Å²) in [7, 11) is 0. The van der Waals surface area contributed by atoms with Gasteiger partial charge in [0.05, 0.1) is 17.2 Å². The summed E-state index contributed by atoms with van der Waals surface area (Å²) < 4.78 is 32.2. The molecule has 138 valence electrons. The number of thiophene rings is 1. The molecule has 0 aliphatic carbocycles. The second-order valence-corrected chi connectivity index (χ2v) is 6.47. The molecule has 0 aliphatic rings. The summed E-state index contributed by atoms with van der Waals surface area (Å²) in [6.07, 6.45) is 0. The predicted octanol–water partition coefficient (Wildman–Crippen LogP) is 0.225. The fraction of sp³-hybridized carbons (Fsp3) is 0.0526. The molecule has 1 aromatic heterocycles. The first-order chi connectivity index (χ1) is 12.9. The van der Waals surface area contributed by atoms with Crippen LogP contribution in [0.2, 0.25) is 0 Å². The minimum atomic E-state index is -1.54. The van der Waals surface area contributed by atoms with E-state index in [4.69, 9.17) is 4.74 Å². The van der Waals surface area contributed by atoms with Crippen LogP contribution >= 0.6 is 11.3 Å². The van der Waals surface area contributed by atoms with Crippen molar-refractivity contribution in [1.82, 2.24) is 0 Å². The maximum atomic E-state index is 13.7. The number of carboxylic acids is 1. The molecule has 1 N–H and O–H groups in total. The molecule has 5 nitrogen and oxygen atoms in total. The molecule has 1 heterocycles. The number of carboxylic acid groups (broad SMARTS) is 1. The number of ether oxygens (including phenoxy) is 1. The second-order valence-electron chi connectivity index (χ2n) is 5.44. The van der Waals surface area contributed by atoms with Crippen LogP contribution in [0.5, 0.6) is 5.75 Å². The number of carbonyl (C=O) groups is 2. The van der Waals surface area contributed by atoms with Crippen LogP contribution in [-0.4, -0.2) is 11.9 Å². The number of carbonyl (C=O) groups excluding carboxylic acids is 2. The minimum absolute atomic E-state index is 0. The van der Waals surface area contributed by atoms with Gasteiger partial charge in [-0.1, -0.05) is 6.07 Å². The smallest absolute Gasteiger partial charge is 0.545 e. The van der Waals surface area contributed by atoms with E-state index in [0.717, 1.165) is 17.0 Å². The maximum Gasteiger partial charge on any atom is 1.00 e. The van der Waals surface area contributed by atoms with Crippen molar-refractivity contribution in [3.05, 3.63) is 81.5 Å². The Morgan fingerprint density at radius 3 is 2.50 bits per heavy atom. The minimum Gasteiger partial charge on any atom is -0.545 e. The number of nitrogens with one attached hydrogen (secondary N) is 1. The van der Waals surface area contributed by atoms with Gasteiger partial charge in [0, 0.05) is 16.5 Å². The first-order valence-corrected chi connectivity index (χ1v) is 8.59. The Kier molecular flexibility index (Phi) is 7.35. The van der Waals surface area contributed by atoms with Crippen molar-refractivity contribution >= 4 is 28.9 Å². The number of amides is 1. The first-order valence-electron chi connectivity index (χ1n) is 7.71. The maximum absolute atomic E-state index is 13.7. The average molecular weight is 395 g/mol. The molecule has 3 rings (SSSR count). The van der Waals surface area contributed by atoms with Crippen molar-refractivity contribution < 1.29 is 47.1 Å². The van der Waals surface area contributed by atoms with Gasteiger partial charge < -0.3 is 20.0 Å². The number of anilines is 1. The van der Waals surface area contributed by atoms with E-state index in [2.05, 4.69) is 5.32 Å². The molecule has 1 amide bonds. The number of halogens is 2. The summed E-state index contributed by atoms with van der Waals surface area (Å²) in [6.45, 7) is 0.261. The summed E-state index contributed by atoms with van der Waals surface area (Å²) >= 11 is 1.49. The van der Waals surface area contributed by atoms with E-state index >= 15 is 0 Å². The van der Waals surface area contributed by atoms with Crippen molar-refractivity contribution in [2.24, 2.45) is 0 Å². The molecule has 0 saturated heterocycles. The molecule has 0 spiro atoms. The Morgan fingerprint density at radius 1 is 1.07 bits per heavy atom. The molecule has 9 heteroatoms. The Morgan fingerprint density at radius 2 is 1.86 bits per heavy atom. The van der Waals surface area contributed by atoms with E-state index in [9.17, 15) is 23.5 Å². The van der Waals surface area contributed by atoms with Crippen LogP contribution in [0.4, 0.5) is 14.5 Å². The zero-order valence-corrected chi connectivity index (χ0v) is 15.5. The standard InChI is InChI=1S/C19H13F2NO4S.Li/c20-11-3-5-14(16(21)8-11)18(23)22-17-6-4-12(9-15(17)19(24)25)26-10-13-2-1-7-27-13;/h1-9H,10H2,(H,22,23)(H,24,25);/q;+1/p-1. The number of hydrogen-bond donors (Lipinski definition) is 1. The zero-order chi connectivity index (χ0) is 19.4. The van der Waals surface area contributed by atoms with Gasteiger partial charge in [-0.05, 0) is 41.8 Å². The van der Waals surface area contributed by atoms with Gasteiger partial charge in [-0.3, -0.25) is 4.79 Å². The number of hydrogen-bond acceptors (Lipinski definition) is 5. The van der Waals surface area contributed by atoms with Crippen molar-refractivity contribution in [3.63, 3.8) is 0 Å². The van der Waals surface area contributed by atoms with Gasteiger partial charge >= 0.3 is 18.9 Å². The van der Waals surface area contributed by atoms with Crippen molar-refractivity contribution in [1.29, 1.82) is 0 Å². The second kappa shape index (κ2) is 9.51. The number of benzene rings is 2. The monoisotopic (exact) mass is 395 g/mol. The fourth-order valence-corrected chi connectivity index (χ4v) is 2.92. The van der Waals surface area contributed by atoms with Gasteiger partial charge in [0.2, 0.25) is 0 Å². The van der Waals surface area contributed by atoms with E-state index in [-0.39, 0.29) is 42.5 Å². The third-order valence-electron chi connectivity index (χ3n) is 3.60. The quantitative estimate of drug-likeness (QED) is 0.606. The summed E-state index contributed by atoms with van der Waals surface area (Å²) in [5.74, 6) is -4.06. The van der Waals surface area contributed by atoms with Crippen molar-refractivity contribution in [2.75, 3.05) is 5.32 Å². The molecule has 0 fully saturated rings. The molecule has 3 aromatic rings. The topological polar surface area (TPSA) is 78.5 Å². The van der Waals surface area contributed by atoms with Crippen molar-refractivity contribution in [3.8, 4) is 5.75 Å². The summed E-state index contributed by atoms with van der Waals surface area (Å²) in [5, 5.41) is 15.6. The molecule has 0 atom stereocenters. The van der Waals surface area contributed by atoms with Gasteiger partial charge in [0.1, 0.15) is 24.0 Å². The summed E-state index contributed by atoms with van der Waals surface area (Å²) in [4.78, 5) is 24.5. The molecule has 28 heavy (non-hydrogen) atoms. The van der Waals surface area contributed by atoms with E-state index in [1.807, 2.05) is 17.5 Å². The van der Waals surface area contributed by atoms with Crippen LogP contribution in [0.15, 0.2) is 53.9 Å². The average Bonchev–Trinajstić information content (AvgIpc) is 3.14. The Hall–Kier alpha value is -2.66. The molecular weight excluding hydrogens is 383 g/mol. The zero-order valence-electron chi connectivity index (χ0n) is 14.7. The molecule has 2 aromatic carbocycles. The Balaban J connectivity index is 0.00000280. The van der Waals surface area contributed by atoms with E-state index < -0.39 is 29.1 Å². The fourth-order valence-electron chi connectivity index (χ4n) is 2.30. The first kappa shape index (κ1) is 21.6. The molecule has 0 aliphatic heterocycles. The third kappa shape index (κ3) is 5.20. The van der Waals surface area contributed by atoms with Crippen LogP contribution in [0, 0.1) is 11.6 Å². The van der Waals surface area contributed by atoms with Gasteiger partial charge in [0.15, 0.2) is 0 Å². The third-order valence-corrected chi connectivity index (χ3v) is 4.45. The van der Waals surface area contributed by atoms with Crippen LogP contribution < -0.4 is 34.0 Å². The van der Waals surface area contributed by atoms with Crippen LogP contribution in [0.1, 0.15) is 25.6 Å². The van der Waals surface area contributed by atoms with E-state index in [0.29, 0.717) is 6.07 Å². The molecule has 0 bridgehead atoms. The molecule has 0 unspecified atom stereocenters. The Labute approximate surface area is 175 Å². The predicted molar refractivity (Wildman–Crippen MR) is 93.7 cm³/mol. The van der Waals surface area contributed by atoms with Crippen LogP contribution in [0.3, 0.4) is 0 Å². The number of rotatable bonds is 6. The molecular formula is C19H12F2LiNO4S. The van der Waals surface area contributed by atoms with Gasteiger partial charge in [-0.2, -0.15) is 0 Å². The molecule has 0 saturated carbocycles. The normalized spacial score (nSPS) is 10.1. The van der Waals surface area contributed by atoms with Crippen LogP contribution in [-0.2, 0) is 6.61 Å². The Bertz CT molecular complexity index is 996. The van der Waals surface area contributed by atoms with Crippen molar-refractivity contribution in [2.45, 2.75) is 6.61 Å². The van der Waals surface area contributed by atoms with Gasteiger partial charge in [0.25, 0.3) is 5.91 Å². The number of aromatic carboxylic acids is 1. The van der Waals surface area contributed by atoms with Gasteiger partial charge in [-0.15, -0.1) is 11.3 Å². The SMILES string of the molecule is O=C(Nc1ccc(OCc2cccs2)cc1C(=O)[O-])c1ccc(F)cc1F.[Li+]. The molecule has 0 radical (unpaired) electrons. The summed E-state index contributed by atoms with van der Waals surface area (Å²) in [6, 6.07) is 10.2. The van der Waals surface area contributed by atoms with Gasteiger partial charge in [-0.25, -0.2) is 8.78 Å². The van der Waals surface area contributed by atoms with Crippen LogP contribution in [0.25, 0.3) is 0 Å². The van der Waals surface area contributed by atoms with E-state index in [1.54, 1.807) is 0 Å². The largest absolute Gasteiger partial charge is 1.00 e.